The molecule has 0 N–H and O–H groups in total. The Morgan fingerprint density at radius 1 is 1.07 bits per heavy atom. The molecular weight excluding hydrogens is 334 g/mol. The van der Waals surface area contributed by atoms with Gasteiger partial charge in [-0.15, -0.1) is 0 Å². The Balaban J connectivity index is 1.47. The molecule has 1 aliphatic carbocycles. The van der Waals surface area contributed by atoms with E-state index in [1.54, 1.807) is 7.11 Å². The van der Waals surface area contributed by atoms with E-state index in [1.165, 1.54) is 55.2 Å². The molecule has 4 rings (SSSR count). The van der Waals surface area contributed by atoms with Crippen molar-refractivity contribution in [1.82, 2.24) is 14.7 Å². The smallest absolute Gasteiger partial charge is 0.0968 e. The first kappa shape index (κ1) is 18.7. The Kier molecular flexibility index (Phi) is 5.94. The Morgan fingerprint density at radius 2 is 1.85 bits per heavy atom. The lowest BCUT2D eigenvalue weighted by Gasteiger charge is -2.22. The summed E-state index contributed by atoms with van der Waals surface area (Å²) < 4.78 is 7.30. The van der Waals surface area contributed by atoms with Gasteiger partial charge < -0.3 is 4.74 Å². The molecule has 1 aromatic heterocycles. The molecule has 1 aliphatic heterocycles. The van der Waals surface area contributed by atoms with Crippen molar-refractivity contribution < 1.29 is 4.74 Å². The van der Waals surface area contributed by atoms with Gasteiger partial charge in [0.05, 0.1) is 12.3 Å². The van der Waals surface area contributed by atoms with E-state index < -0.39 is 0 Å². The van der Waals surface area contributed by atoms with Crippen molar-refractivity contribution >= 4 is 0 Å². The summed E-state index contributed by atoms with van der Waals surface area (Å²) >= 11 is 0. The minimum absolute atomic E-state index is 0.671. The Bertz CT molecular complexity index is 731. The summed E-state index contributed by atoms with van der Waals surface area (Å²) in [6, 6.07) is 9.25. The number of methoxy groups -OCH3 is 1. The monoisotopic (exact) mass is 367 g/mol. The predicted octanol–water partition coefficient (Wildman–Crippen LogP) is 4.60. The molecule has 4 nitrogen and oxygen atoms in total. The molecule has 0 amide bonds. The van der Waals surface area contributed by atoms with Crippen LogP contribution in [0.5, 0.6) is 0 Å². The van der Waals surface area contributed by atoms with E-state index in [9.17, 15) is 0 Å². The summed E-state index contributed by atoms with van der Waals surface area (Å²) in [5, 5.41) is 4.79. The second-order valence-electron chi connectivity index (χ2n) is 8.48. The van der Waals surface area contributed by atoms with Crippen LogP contribution in [0.4, 0.5) is 0 Å². The number of aromatic nitrogens is 2. The number of hydrogen-bond acceptors (Lipinski definition) is 3. The van der Waals surface area contributed by atoms with Crippen molar-refractivity contribution in [2.75, 3.05) is 26.8 Å². The SMILES string of the molecule is COC[C@H]1CCN(Cc2cn(C)nc2-c2ccc(C3CCCCC3)cc2)C1. The van der Waals surface area contributed by atoms with Crippen molar-refractivity contribution in [3.63, 3.8) is 0 Å². The maximum atomic E-state index is 5.34. The number of likely N-dealkylation sites (tertiary alicyclic amines) is 1. The highest BCUT2D eigenvalue weighted by Gasteiger charge is 2.24. The summed E-state index contributed by atoms with van der Waals surface area (Å²) in [5.41, 5.74) is 5.24. The molecule has 0 spiro atoms. The molecule has 146 valence electrons. The van der Waals surface area contributed by atoms with Gasteiger partial charge in [-0.2, -0.15) is 5.10 Å². The molecule has 0 radical (unpaired) electrons. The van der Waals surface area contributed by atoms with Crippen LogP contribution in [0.3, 0.4) is 0 Å². The molecule has 1 saturated carbocycles. The molecule has 1 aromatic carbocycles. The largest absolute Gasteiger partial charge is 0.384 e. The van der Waals surface area contributed by atoms with E-state index in [0.29, 0.717) is 5.92 Å². The van der Waals surface area contributed by atoms with Gasteiger partial charge in [-0.25, -0.2) is 0 Å². The van der Waals surface area contributed by atoms with Crippen molar-refractivity contribution in [1.29, 1.82) is 0 Å². The first-order valence-electron chi connectivity index (χ1n) is 10.6. The average Bonchev–Trinajstić information content (AvgIpc) is 3.29. The summed E-state index contributed by atoms with van der Waals surface area (Å²) in [6.45, 7) is 4.14. The fourth-order valence-corrected chi connectivity index (χ4v) is 4.91. The molecule has 27 heavy (non-hydrogen) atoms. The van der Waals surface area contributed by atoms with Gasteiger partial charge in [0.1, 0.15) is 0 Å². The fraction of sp³-hybridized carbons (Fsp3) is 0.609. The maximum Gasteiger partial charge on any atom is 0.0968 e. The number of aryl methyl sites for hydroxylation is 1. The van der Waals surface area contributed by atoms with Crippen LogP contribution in [0.1, 0.15) is 55.6 Å². The highest BCUT2D eigenvalue weighted by Crippen LogP contribution is 2.34. The zero-order chi connectivity index (χ0) is 18.6. The first-order valence-corrected chi connectivity index (χ1v) is 10.6. The lowest BCUT2D eigenvalue weighted by atomic mass is 9.84. The third-order valence-corrected chi connectivity index (χ3v) is 6.33. The van der Waals surface area contributed by atoms with Crippen molar-refractivity contribution in [3.8, 4) is 11.3 Å². The standard InChI is InChI=1S/C23H33N3O/c1-25-15-22(16-26-13-12-18(14-26)17-27-2)23(24-25)21-10-8-20(9-11-21)19-6-4-3-5-7-19/h8-11,15,18-19H,3-7,12-14,16-17H2,1-2H3/t18-/m0/s1. The minimum Gasteiger partial charge on any atom is -0.384 e. The molecule has 0 bridgehead atoms. The summed E-state index contributed by atoms with van der Waals surface area (Å²) in [6.07, 6.45) is 10.3. The molecule has 1 saturated heterocycles. The van der Waals surface area contributed by atoms with Crippen LogP contribution in [0, 0.1) is 5.92 Å². The fourth-order valence-electron chi connectivity index (χ4n) is 4.91. The number of nitrogens with zero attached hydrogens (tertiary/aromatic N) is 3. The van der Waals surface area contributed by atoms with Crippen molar-refractivity contribution in [2.24, 2.45) is 13.0 Å². The van der Waals surface area contributed by atoms with Gasteiger partial charge in [-0.05, 0) is 43.2 Å². The van der Waals surface area contributed by atoms with Crippen LogP contribution in [0.2, 0.25) is 0 Å². The summed E-state index contributed by atoms with van der Waals surface area (Å²) in [5.74, 6) is 1.43. The van der Waals surface area contributed by atoms with Crippen LogP contribution in [0.15, 0.2) is 30.5 Å². The van der Waals surface area contributed by atoms with Gasteiger partial charge in [0.2, 0.25) is 0 Å². The maximum absolute atomic E-state index is 5.34. The quantitative estimate of drug-likeness (QED) is 0.747. The van der Waals surface area contributed by atoms with Gasteiger partial charge in [-0.3, -0.25) is 9.58 Å². The van der Waals surface area contributed by atoms with Crippen LogP contribution in [-0.4, -0.2) is 41.5 Å². The lowest BCUT2D eigenvalue weighted by molar-refractivity contribution is 0.152. The van der Waals surface area contributed by atoms with Gasteiger partial charge in [0.25, 0.3) is 0 Å². The molecule has 4 heteroatoms. The van der Waals surface area contributed by atoms with Gasteiger partial charge in [0, 0.05) is 44.6 Å². The van der Waals surface area contributed by atoms with Crippen molar-refractivity contribution in [3.05, 3.63) is 41.6 Å². The van der Waals surface area contributed by atoms with Gasteiger partial charge in [0.15, 0.2) is 0 Å². The van der Waals surface area contributed by atoms with Gasteiger partial charge >= 0.3 is 0 Å². The Labute approximate surface area is 163 Å². The van der Waals surface area contributed by atoms with Crippen LogP contribution >= 0.6 is 0 Å². The minimum atomic E-state index is 0.671. The van der Waals surface area contributed by atoms with Crippen molar-refractivity contribution in [2.45, 2.75) is 51.0 Å². The van der Waals surface area contributed by atoms with E-state index in [4.69, 9.17) is 9.84 Å². The molecule has 2 aromatic rings. The zero-order valence-corrected chi connectivity index (χ0v) is 16.9. The Hall–Kier alpha value is -1.65. The van der Waals surface area contributed by atoms with E-state index in [0.717, 1.165) is 37.9 Å². The first-order chi connectivity index (χ1) is 13.2. The second kappa shape index (κ2) is 8.57. The Morgan fingerprint density at radius 3 is 2.59 bits per heavy atom. The normalized spacial score (nSPS) is 21.8. The number of rotatable bonds is 6. The van der Waals surface area contributed by atoms with E-state index >= 15 is 0 Å². The zero-order valence-electron chi connectivity index (χ0n) is 16.9. The van der Waals surface area contributed by atoms with E-state index in [-0.39, 0.29) is 0 Å². The molecule has 2 fully saturated rings. The molecule has 0 unspecified atom stereocenters. The number of benzene rings is 1. The number of hydrogen-bond donors (Lipinski definition) is 0. The van der Waals surface area contributed by atoms with Crippen LogP contribution in [0.25, 0.3) is 11.3 Å². The predicted molar refractivity (Wildman–Crippen MR) is 110 cm³/mol. The molecular formula is C23H33N3O. The van der Waals surface area contributed by atoms with Crippen LogP contribution in [-0.2, 0) is 18.3 Å². The molecule has 2 aliphatic rings. The highest BCUT2D eigenvalue weighted by molar-refractivity contribution is 5.63. The lowest BCUT2D eigenvalue weighted by Crippen LogP contribution is -2.21. The summed E-state index contributed by atoms with van der Waals surface area (Å²) in [7, 11) is 3.83. The number of ether oxygens (including phenoxy) is 1. The third-order valence-electron chi connectivity index (χ3n) is 6.33. The third kappa shape index (κ3) is 4.44. The molecule has 2 heterocycles. The molecule has 1 atom stereocenters. The topological polar surface area (TPSA) is 30.3 Å². The highest BCUT2D eigenvalue weighted by atomic mass is 16.5. The van der Waals surface area contributed by atoms with E-state index in [2.05, 4.69) is 35.4 Å². The van der Waals surface area contributed by atoms with E-state index in [1.807, 2.05) is 11.7 Å². The second-order valence-corrected chi connectivity index (χ2v) is 8.48. The average molecular weight is 368 g/mol. The summed E-state index contributed by atoms with van der Waals surface area (Å²) in [4.78, 5) is 2.54. The van der Waals surface area contributed by atoms with Gasteiger partial charge in [-0.1, -0.05) is 43.5 Å². The van der Waals surface area contributed by atoms with Crippen LogP contribution < -0.4 is 0 Å².